The molecule has 0 aromatic heterocycles. The third-order valence-corrected chi connectivity index (χ3v) is 6.76. The molecule has 136 valence electrons. The topological polar surface area (TPSA) is 80.9 Å². The van der Waals surface area contributed by atoms with E-state index in [2.05, 4.69) is 0 Å². The Bertz CT molecular complexity index is 553. The number of aliphatic hydroxyl groups excluding tert-OH is 4. The van der Waals surface area contributed by atoms with E-state index in [-0.39, 0.29) is 4.58 Å². The van der Waals surface area contributed by atoms with Crippen LogP contribution in [-0.4, -0.2) is 49.9 Å². The van der Waals surface area contributed by atoms with Gasteiger partial charge in [0, 0.05) is 11.5 Å². The molecule has 0 aliphatic rings. The third-order valence-electron chi connectivity index (χ3n) is 3.72. The average Bonchev–Trinajstić information content (AvgIpc) is 2.68. The number of rotatable bonds is 10. The van der Waals surface area contributed by atoms with Crippen molar-refractivity contribution in [2.24, 2.45) is 0 Å². The number of hydrogen-bond acceptors (Lipinski definition) is 6. The van der Waals surface area contributed by atoms with Crippen molar-refractivity contribution in [1.29, 1.82) is 0 Å². The van der Waals surface area contributed by atoms with Crippen LogP contribution in [0.5, 0.6) is 0 Å². The fraction of sp³-hybridized carbons (Fsp3) is 0.368. The number of aliphatic hydroxyl groups is 4. The highest BCUT2D eigenvalue weighted by molar-refractivity contribution is 8.16. The molecule has 0 fully saturated rings. The SMILES string of the molecule is OC[C@@H](O)[C@@H](O)[C@@H](O)C(SCc1ccccc1)SCc1ccccc1. The zero-order chi connectivity index (χ0) is 18.1. The molecule has 0 aliphatic carbocycles. The van der Waals surface area contributed by atoms with Crippen molar-refractivity contribution in [2.75, 3.05) is 6.61 Å². The zero-order valence-corrected chi connectivity index (χ0v) is 15.4. The minimum Gasteiger partial charge on any atom is -0.394 e. The van der Waals surface area contributed by atoms with Crippen LogP contribution in [0, 0.1) is 0 Å². The maximum atomic E-state index is 10.5. The summed E-state index contributed by atoms with van der Waals surface area (Å²) in [5, 5.41) is 39.2. The molecule has 2 aromatic carbocycles. The lowest BCUT2D eigenvalue weighted by Gasteiger charge is -2.28. The van der Waals surface area contributed by atoms with E-state index in [0.717, 1.165) is 11.1 Å². The van der Waals surface area contributed by atoms with Crippen LogP contribution in [0.4, 0.5) is 0 Å². The minimum atomic E-state index is -1.39. The second-order valence-corrected chi connectivity index (χ2v) is 8.25. The fourth-order valence-electron chi connectivity index (χ4n) is 2.25. The summed E-state index contributed by atoms with van der Waals surface area (Å²) in [5.74, 6) is 1.37. The first-order valence-electron chi connectivity index (χ1n) is 8.08. The predicted molar refractivity (Wildman–Crippen MR) is 104 cm³/mol. The first-order valence-corrected chi connectivity index (χ1v) is 10.2. The summed E-state index contributed by atoms with van der Waals surface area (Å²) in [4.78, 5) is 0. The first-order chi connectivity index (χ1) is 12.1. The number of hydrogen-bond donors (Lipinski definition) is 4. The van der Waals surface area contributed by atoms with Gasteiger partial charge in [-0.05, 0) is 11.1 Å². The third kappa shape index (κ3) is 6.66. The van der Waals surface area contributed by atoms with E-state index < -0.39 is 24.9 Å². The summed E-state index contributed by atoms with van der Waals surface area (Å²) in [6.07, 6.45) is -3.89. The van der Waals surface area contributed by atoms with Gasteiger partial charge < -0.3 is 20.4 Å². The van der Waals surface area contributed by atoms with Gasteiger partial charge in [0.2, 0.25) is 0 Å². The van der Waals surface area contributed by atoms with Crippen LogP contribution in [0.3, 0.4) is 0 Å². The van der Waals surface area contributed by atoms with E-state index in [1.807, 2.05) is 60.7 Å². The first kappa shape index (κ1) is 20.3. The van der Waals surface area contributed by atoms with Crippen molar-refractivity contribution < 1.29 is 20.4 Å². The normalized spacial score (nSPS) is 15.1. The molecule has 3 atom stereocenters. The molecule has 0 unspecified atom stereocenters. The maximum Gasteiger partial charge on any atom is 0.110 e. The van der Waals surface area contributed by atoms with Gasteiger partial charge in [0.15, 0.2) is 0 Å². The predicted octanol–water partition coefficient (Wildman–Crippen LogP) is 2.25. The molecule has 0 bridgehead atoms. The summed E-state index contributed by atoms with van der Waals surface area (Å²) in [6.45, 7) is -0.586. The Labute approximate surface area is 156 Å². The van der Waals surface area contributed by atoms with Crippen LogP contribution in [0.1, 0.15) is 11.1 Å². The molecule has 2 aromatic rings. The zero-order valence-electron chi connectivity index (χ0n) is 13.8. The Hall–Kier alpha value is -1.02. The Balaban J connectivity index is 2.01. The number of thioether (sulfide) groups is 2. The molecule has 0 saturated heterocycles. The van der Waals surface area contributed by atoms with Crippen LogP contribution < -0.4 is 0 Å². The van der Waals surface area contributed by atoms with Crippen molar-refractivity contribution in [3.63, 3.8) is 0 Å². The van der Waals surface area contributed by atoms with E-state index in [0.29, 0.717) is 11.5 Å². The quantitative estimate of drug-likeness (QED) is 0.474. The van der Waals surface area contributed by atoms with Gasteiger partial charge in [-0.15, -0.1) is 23.5 Å². The summed E-state index contributed by atoms with van der Waals surface area (Å²) in [6, 6.07) is 19.8. The lowest BCUT2D eigenvalue weighted by molar-refractivity contribution is -0.0706. The second kappa shape index (κ2) is 10.9. The van der Waals surface area contributed by atoms with E-state index in [1.165, 1.54) is 23.5 Å². The summed E-state index contributed by atoms with van der Waals surface area (Å²) >= 11 is 3.04. The second-order valence-electron chi connectivity index (χ2n) is 5.69. The van der Waals surface area contributed by atoms with Crippen molar-refractivity contribution in [2.45, 2.75) is 34.4 Å². The van der Waals surface area contributed by atoms with Crippen molar-refractivity contribution in [3.05, 3.63) is 71.8 Å². The van der Waals surface area contributed by atoms with Crippen LogP contribution in [0.15, 0.2) is 60.7 Å². The summed E-state index contributed by atoms with van der Waals surface area (Å²) < 4.78 is -0.336. The number of benzene rings is 2. The standard InChI is InChI=1S/C19H24O4S2/c20-11-16(21)17(22)18(23)19(24-12-14-7-3-1-4-8-14)25-13-15-9-5-2-6-10-15/h1-10,16-23H,11-13H2/t16-,17-,18-/m1/s1. The minimum absolute atomic E-state index is 0.336. The lowest BCUT2D eigenvalue weighted by Crippen LogP contribution is -2.43. The van der Waals surface area contributed by atoms with Gasteiger partial charge >= 0.3 is 0 Å². The van der Waals surface area contributed by atoms with E-state index in [9.17, 15) is 15.3 Å². The van der Waals surface area contributed by atoms with Crippen LogP contribution in [0.2, 0.25) is 0 Å². The molecule has 0 spiro atoms. The Morgan fingerprint density at radius 1 is 0.680 bits per heavy atom. The van der Waals surface area contributed by atoms with Crippen LogP contribution in [0.25, 0.3) is 0 Å². The van der Waals surface area contributed by atoms with E-state index >= 15 is 0 Å². The fourth-order valence-corrected chi connectivity index (χ4v) is 4.85. The molecule has 4 nitrogen and oxygen atoms in total. The van der Waals surface area contributed by atoms with Gasteiger partial charge in [-0.25, -0.2) is 0 Å². The highest BCUT2D eigenvalue weighted by Crippen LogP contribution is 2.33. The highest BCUT2D eigenvalue weighted by atomic mass is 32.2. The monoisotopic (exact) mass is 380 g/mol. The molecule has 2 rings (SSSR count). The summed E-state index contributed by atoms with van der Waals surface area (Å²) in [5.41, 5.74) is 2.25. The smallest absolute Gasteiger partial charge is 0.110 e. The highest BCUT2D eigenvalue weighted by Gasteiger charge is 2.31. The van der Waals surface area contributed by atoms with Gasteiger partial charge in [-0.2, -0.15) is 0 Å². The lowest BCUT2D eigenvalue weighted by atomic mass is 10.1. The maximum absolute atomic E-state index is 10.5. The molecular weight excluding hydrogens is 356 g/mol. The Morgan fingerprint density at radius 3 is 1.52 bits per heavy atom. The van der Waals surface area contributed by atoms with E-state index in [1.54, 1.807) is 0 Å². The Morgan fingerprint density at radius 2 is 1.12 bits per heavy atom. The van der Waals surface area contributed by atoms with Crippen LogP contribution in [-0.2, 0) is 11.5 Å². The van der Waals surface area contributed by atoms with E-state index in [4.69, 9.17) is 5.11 Å². The largest absolute Gasteiger partial charge is 0.394 e. The molecular formula is C19H24O4S2. The van der Waals surface area contributed by atoms with Crippen molar-refractivity contribution >= 4 is 23.5 Å². The summed E-state index contributed by atoms with van der Waals surface area (Å²) in [7, 11) is 0. The van der Waals surface area contributed by atoms with Gasteiger partial charge in [0.1, 0.15) is 18.3 Å². The molecule has 0 saturated carbocycles. The molecule has 0 heterocycles. The molecule has 0 amide bonds. The molecule has 4 N–H and O–H groups in total. The van der Waals surface area contributed by atoms with Gasteiger partial charge in [-0.3, -0.25) is 0 Å². The van der Waals surface area contributed by atoms with Crippen molar-refractivity contribution in [1.82, 2.24) is 0 Å². The molecule has 0 aliphatic heterocycles. The van der Waals surface area contributed by atoms with Gasteiger partial charge in [0.05, 0.1) is 11.2 Å². The van der Waals surface area contributed by atoms with Gasteiger partial charge in [0.25, 0.3) is 0 Å². The van der Waals surface area contributed by atoms with Crippen LogP contribution >= 0.6 is 23.5 Å². The van der Waals surface area contributed by atoms with Gasteiger partial charge in [-0.1, -0.05) is 60.7 Å². The molecule has 6 heteroatoms. The average molecular weight is 381 g/mol. The molecule has 25 heavy (non-hydrogen) atoms. The Kier molecular flexibility index (Phi) is 8.81. The molecule has 0 radical (unpaired) electrons. The van der Waals surface area contributed by atoms with Crippen molar-refractivity contribution in [3.8, 4) is 0 Å².